The minimum atomic E-state index is -6.00. The Morgan fingerprint density at radius 1 is 0.667 bits per heavy atom. The van der Waals surface area contributed by atoms with Crippen molar-refractivity contribution in [1.29, 1.82) is 0 Å². The lowest BCUT2D eigenvalue weighted by Gasteiger charge is -2.39. The second kappa shape index (κ2) is 5.63. The van der Waals surface area contributed by atoms with Crippen molar-refractivity contribution in [2.75, 3.05) is 26.2 Å². The molecule has 0 radical (unpaired) electrons. The van der Waals surface area contributed by atoms with E-state index in [1.54, 1.807) is 0 Å². The average molecular weight is 334 g/mol. The van der Waals surface area contributed by atoms with E-state index in [1.165, 1.54) is 0 Å². The summed E-state index contributed by atoms with van der Waals surface area (Å²) in [6.07, 6.45) is -14.4. The van der Waals surface area contributed by atoms with E-state index in [2.05, 4.69) is 0 Å². The Hall–Kier alpha value is -1.04. The molecule has 1 aliphatic heterocycles. The van der Waals surface area contributed by atoms with Gasteiger partial charge in [0, 0.05) is 26.2 Å². The van der Waals surface area contributed by atoms with Crippen molar-refractivity contribution in [1.82, 2.24) is 9.80 Å². The Bertz CT molecular complexity index is 398. The van der Waals surface area contributed by atoms with Crippen LogP contribution in [0.15, 0.2) is 11.7 Å². The topological polar surface area (TPSA) is 6.48 Å². The molecule has 21 heavy (non-hydrogen) atoms. The Kier molecular flexibility index (Phi) is 4.83. The van der Waals surface area contributed by atoms with Crippen LogP contribution in [0.1, 0.15) is 0 Å². The van der Waals surface area contributed by atoms with Crippen molar-refractivity contribution in [3.05, 3.63) is 11.7 Å². The van der Waals surface area contributed by atoms with Crippen LogP contribution in [0.3, 0.4) is 0 Å². The molecule has 0 atom stereocenters. The summed E-state index contributed by atoms with van der Waals surface area (Å²) in [5.74, 6) is 0. The van der Waals surface area contributed by atoms with E-state index >= 15 is 0 Å². The van der Waals surface area contributed by atoms with Gasteiger partial charge in [-0.3, -0.25) is 0 Å². The third kappa shape index (κ3) is 3.99. The molecule has 0 spiro atoms. The van der Waals surface area contributed by atoms with E-state index in [0.717, 1.165) is 0 Å². The molecule has 12 heteroatoms. The second-order valence-corrected chi connectivity index (χ2v) is 4.12. The van der Waals surface area contributed by atoms with Gasteiger partial charge in [0.15, 0.2) is 5.57 Å². The first-order chi connectivity index (χ1) is 9.28. The lowest BCUT2D eigenvalue weighted by molar-refractivity contribution is -0.265. The first-order valence-electron chi connectivity index (χ1n) is 5.35. The zero-order valence-corrected chi connectivity index (χ0v) is 10.0. The van der Waals surface area contributed by atoms with E-state index < -0.39 is 56.4 Å². The molecule has 0 unspecified atom stereocenters. The Morgan fingerprint density at radius 2 is 1.05 bits per heavy atom. The number of alkyl halides is 8. The SMILES string of the molecule is FC(F)=C(C(F)(F)F)C(F)(F)N1CCN(C(F)(F)F)CC1. The Balaban J connectivity index is 2.94. The van der Waals surface area contributed by atoms with E-state index in [0.29, 0.717) is 0 Å². The summed E-state index contributed by atoms with van der Waals surface area (Å²) in [4.78, 5) is -0.542. The fraction of sp³-hybridized carbons (Fsp3) is 0.778. The first kappa shape index (κ1) is 18.0. The number of hydrogen-bond donors (Lipinski definition) is 0. The predicted octanol–water partition coefficient (Wildman–Crippen LogP) is 3.43. The molecule has 0 aromatic carbocycles. The van der Waals surface area contributed by atoms with Crippen LogP contribution in [0.25, 0.3) is 0 Å². The Labute approximate surface area is 111 Å². The van der Waals surface area contributed by atoms with Gasteiger partial charge in [-0.2, -0.15) is 43.9 Å². The number of nitrogens with zero attached hydrogens (tertiary/aromatic N) is 2. The minimum absolute atomic E-state index is 0.192. The van der Waals surface area contributed by atoms with Crippen LogP contribution < -0.4 is 0 Å². The van der Waals surface area contributed by atoms with E-state index in [9.17, 15) is 43.9 Å². The zero-order chi connectivity index (χ0) is 16.6. The quantitative estimate of drug-likeness (QED) is 0.564. The normalized spacial score (nSPS) is 19.7. The van der Waals surface area contributed by atoms with Crippen molar-refractivity contribution in [2.45, 2.75) is 18.5 Å². The second-order valence-electron chi connectivity index (χ2n) is 4.12. The van der Waals surface area contributed by atoms with Gasteiger partial charge in [-0.05, 0) is 0 Å². The largest absolute Gasteiger partial charge is 0.460 e. The smallest absolute Gasteiger partial charge is 0.238 e. The van der Waals surface area contributed by atoms with E-state index in [4.69, 9.17) is 0 Å². The van der Waals surface area contributed by atoms with E-state index in [-0.39, 0.29) is 9.80 Å². The molecule has 1 rings (SSSR count). The van der Waals surface area contributed by atoms with Gasteiger partial charge in [-0.1, -0.05) is 0 Å². The average Bonchev–Trinajstić information content (AvgIpc) is 2.24. The molecule has 124 valence electrons. The van der Waals surface area contributed by atoms with Crippen molar-refractivity contribution < 1.29 is 43.9 Å². The highest BCUT2D eigenvalue weighted by Crippen LogP contribution is 2.43. The molecule has 0 aliphatic carbocycles. The molecular formula is C9H8F10N2. The summed E-state index contributed by atoms with van der Waals surface area (Å²) in [6, 6.07) is -5.10. The maximum atomic E-state index is 13.5. The lowest BCUT2D eigenvalue weighted by Crippen LogP contribution is -2.58. The van der Waals surface area contributed by atoms with Crippen molar-refractivity contribution >= 4 is 0 Å². The van der Waals surface area contributed by atoms with Gasteiger partial charge in [-0.15, -0.1) is 0 Å². The molecule has 0 N–H and O–H groups in total. The van der Waals surface area contributed by atoms with Gasteiger partial charge in [0.1, 0.15) is 0 Å². The van der Waals surface area contributed by atoms with Gasteiger partial charge >= 0.3 is 18.5 Å². The van der Waals surface area contributed by atoms with Gasteiger partial charge in [-0.25, -0.2) is 9.80 Å². The predicted molar refractivity (Wildman–Crippen MR) is 49.4 cm³/mol. The van der Waals surface area contributed by atoms with Crippen molar-refractivity contribution in [2.24, 2.45) is 0 Å². The maximum absolute atomic E-state index is 13.5. The summed E-state index contributed by atoms with van der Waals surface area (Å²) in [5, 5.41) is 0. The van der Waals surface area contributed by atoms with Gasteiger partial charge in [0.05, 0.1) is 0 Å². The van der Waals surface area contributed by atoms with Gasteiger partial charge < -0.3 is 0 Å². The molecule has 1 fully saturated rings. The highest BCUT2D eigenvalue weighted by Gasteiger charge is 2.57. The number of halogens is 10. The van der Waals surface area contributed by atoms with Crippen LogP contribution in [0.5, 0.6) is 0 Å². The summed E-state index contributed by atoms with van der Waals surface area (Å²) < 4.78 is 125. The molecule has 0 aromatic rings. The van der Waals surface area contributed by atoms with Crippen LogP contribution in [-0.4, -0.2) is 54.5 Å². The molecule has 1 saturated heterocycles. The molecule has 0 saturated carbocycles. The standard InChI is InChI=1S/C9H8F10N2/c10-6(11)5(7(12,13)14)8(15,16)20-1-3-21(4-2-20)9(17,18)19/h1-4H2. The maximum Gasteiger partial charge on any atom is 0.460 e. The van der Waals surface area contributed by atoms with E-state index in [1.807, 2.05) is 0 Å². The Morgan fingerprint density at radius 3 is 1.33 bits per heavy atom. The molecule has 1 aliphatic rings. The number of piperazine rings is 1. The zero-order valence-electron chi connectivity index (χ0n) is 10.0. The van der Waals surface area contributed by atoms with Crippen LogP contribution in [0, 0.1) is 0 Å². The molecule has 0 aromatic heterocycles. The highest BCUT2D eigenvalue weighted by molar-refractivity contribution is 5.19. The van der Waals surface area contributed by atoms with Gasteiger partial charge in [0.25, 0.3) is 6.08 Å². The first-order valence-corrected chi connectivity index (χ1v) is 5.35. The molecule has 1 heterocycles. The molecule has 0 bridgehead atoms. The minimum Gasteiger partial charge on any atom is -0.238 e. The summed E-state index contributed by atoms with van der Waals surface area (Å²) in [7, 11) is 0. The molecule has 0 amide bonds. The highest BCUT2D eigenvalue weighted by atomic mass is 19.4. The lowest BCUT2D eigenvalue weighted by atomic mass is 10.2. The van der Waals surface area contributed by atoms with Crippen LogP contribution >= 0.6 is 0 Å². The number of rotatable bonds is 2. The number of hydrogen-bond acceptors (Lipinski definition) is 2. The fourth-order valence-electron chi connectivity index (χ4n) is 1.79. The fourth-order valence-corrected chi connectivity index (χ4v) is 1.79. The van der Waals surface area contributed by atoms with Gasteiger partial charge in [0.2, 0.25) is 0 Å². The summed E-state index contributed by atoms with van der Waals surface area (Å²) >= 11 is 0. The molecular weight excluding hydrogens is 326 g/mol. The summed E-state index contributed by atoms with van der Waals surface area (Å²) in [6.45, 7) is -4.37. The molecule has 2 nitrogen and oxygen atoms in total. The monoisotopic (exact) mass is 334 g/mol. The van der Waals surface area contributed by atoms with Crippen LogP contribution in [0.4, 0.5) is 43.9 Å². The third-order valence-corrected chi connectivity index (χ3v) is 2.81. The summed E-state index contributed by atoms with van der Waals surface area (Å²) in [5.41, 5.74) is -3.35. The third-order valence-electron chi connectivity index (χ3n) is 2.81. The van der Waals surface area contributed by atoms with Crippen LogP contribution in [0.2, 0.25) is 0 Å². The van der Waals surface area contributed by atoms with Crippen molar-refractivity contribution in [3.63, 3.8) is 0 Å². The van der Waals surface area contributed by atoms with Crippen molar-refractivity contribution in [3.8, 4) is 0 Å². The van der Waals surface area contributed by atoms with Crippen LogP contribution in [-0.2, 0) is 0 Å².